The van der Waals surface area contributed by atoms with Crippen molar-refractivity contribution in [2.24, 2.45) is 0 Å². The van der Waals surface area contributed by atoms with Crippen LogP contribution in [0.1, 0.15) is 29.5 Å². The molecule has 1 aliphatic rings. The zero-order valence-electron chi connectivity index (χ0n) is 8.99. The van der Waals surface area contributed by atoms with Crippen molar-refractivity contribution < 1.29 is 0 Å². The van der Waals surface area contributed by atoms with Crippen molar-refractivity contribution in [3.63, 3.8) is 0 Å². The van der Waals surface area contributed by atoms with Crippen molar-refractivity contribution in [3.8, 4) is 11.3 Å². The Balaban J connectivity index is 2.09. The fraction of sp³-hybridized carbons (Fsp3) is 0.333. The van der Waals surface area contributed by atoms with Crippen molar-refractivity contribution >= 4 is 23.6 Å². The summed E-state index contributed by atoms with van der Waals surface area (Å²) in [5, 5.41) is 2.16. The van der Waals surface area contributed by atoms with Crippen molar-refractivity contribution in [2.45, 2.75) is 25.7 Å². The van der Waals surface area contributed by atoms with E-state index in [4.69, 9.17) is 12.2 Å². The lowest BCUT2D eigenvalue weighted by Gasteiger charge is -2.02. The average molecular weight is 248 g/mol. The van der Waals surface area contributed by atoms with Gasteiger partial charge in [0.05, 0.1) is 5.69 Å². The van der Waals surface area contributed by atoms with E-state index in [2.05, 4.69) is 28.3 Å². The minimum atomic E-state index is 0.612. The van der Waals surface area contributed by atoms with E-state index < -0.39 is 0 Å². The molecular weight excluding hydrogens is 236 g/mol. The van der Waals surface area contributed by atoms with Gasteiger partial charge in [-0.25, -0.2) is 4.98 Å². The quantitative estimate of drug-likeness (QED) is 0.812. The molecule has 1 fully saturated rings. The Bertz CT molecular complexity index is 579. The summed E-state index contributed by atoms with van der Waals surface area (Å²) in [4.78, 5) is 9.12. The molecule has 0 unspecified atom stereocenters. The van der Waals surface area contributed by atoms with E-state index in [1.807, 2.05) is 6.07 Å². The minimum absolute atomic E-state index is 0.612. The van der Waals surface area contributed by atoms with Crippen LogP contribution in [-0.2, 0) is 0 Å². The van der Waals surface area contributed by atoms with Gasteiger partial charge in [0, 0.05) is 21.7 Å². The van der Waals surface area contributed by atoms with Crippen LogP contribution < -0.4 is 0 Å². The van der Waals surface area contributed by atoms with E-state index in [1.165, 1.54) is 23.3 Å². The maximum atomic E-state index is 5.21. The Morgan fingerprint density at radius 1 is 1.44 bits per heavy atom. The van der Waals surface area contributed by atoms with E-state index in [9.17, 15) is 0 Å². The van der Waals surface area contributed by atoms with Crippen molar-refractivity contribution in [1.29, 1.82) is 0 Å². The molecule has 2 heterocycles. The van der Waals surface area contributed by atoms with Gasteiger partial charge in [-0.2, -0.15) is 0 Å². The molecule has 0 bridgehead atoms. The molecule has 16 heavy (non-hydrogen) atoms. The Morgan fingerprint density at radius 2 is 2.25 bits per heavy atom. The van der Waals surface area contributed by atoms with Crippen LogP contribution in [0.4, 0.5) is 0 Å². The molecule has 0 amide bonds. The van der Waals surface area contributed by atoms with Crippen LogP contribution >= 0.6 is 23.6 Å². The molecular formula is C12H12N2S2. The van der Waals surface area contributed by atoms with Gasteiger partial charge in [0.1, 0.15) is 10.5 Å². The van der Waals surface area contributed by atoms with Crippen LogP contribution in [-0.4, -0.2) is 9.97 Å². The third-order valence-corrected chi connectivity index (χ3v) is 3.84. The molecule has 2 aromatic rings. The number of hydrogen-bond acceptors (Lipinski definition) is 3. The number of thiophene rings is 1. The van der Waals surface area contributed by atoms with Crippen LogP contribution in [0.2, 0.25) is 0 Å². The van der Waals surface area contributed by atoms with E-state index in [-0.39, 0.29) is 0 Å². The monoisotopic (exact) mass is 248 g/mol. The Hall–Kier alpha value is -1.00. The molecule has 0 aromatic carbocycles. The number of aromatic nitrogens is 2. The number of aryl methyl sites for hydroxylation is 1. The number of hydrogen-bond donors (Lipinski definition) is 1. The van der Waals surface area contributed by atoms with Gasteiger partial charge >= 0.3 is 0 Å². The molecule has 3 rings (SSSR count). The molecule has 0 atom stereocenters. The summed E-state index contributed by atoms with van der Waals surface area (Å²) >= 11 is 6.97. The summed E-state index contributed by atoms with van der Waals surface area (Å²) in [5.74, 6) is 1.67. The van der Waals surface area contributed by atoms with Crippen molar-refractivity contribution in [2.75, 3.05) is 0 Å². The van der Waals surface area contributed by atoms with Gasteiger partial charge < -0.3 is 4.98 Å². The molecule has 0 radical (unpaired) electrons. The normalized spacial score (nSPS) is 15.3. The summed E-state index contributed by atoms with van der Waals surface area (Å²) in [7, 11) is 0. The third-order valence-electron chi connectivity index (χ3n) is 2.77. The minimum Gasteiger partial charge on any atom is -0.343 e. The molecule has 0 spiro atoms. The first-order valence-electron chi connectivity index (χ1n) is 5.39. The van der Waals surface area contributed by atoms with Crippen LogP contribution in [0, 0.1) is 11.6 Å². The van der Waals surface area contributed by atoms with Crippen molar-refractivity contribution in [3.05, 3.63) is 32.9 Å². The number of H-pyrrole nitrogens is 1. The molecule has 1 N–H and O–H groups in total. The predicted octanol–water partition coefficient (Wildman–Crippen LogP) is 4.05. The predicted molar refractivity (Wildman–Crippen MR) is 69.4 cm³/mol. The second kappa shape index (κ2) is 3.79. The van der Waals surface area contributed by atoms with E-state index in [0.717, 1.165) is 11.5 Å². The van der Waals surface area contributed by atoms with Crippen LogP contribution in [0.15, 0.2) is 17.5 Å². The number of aromatic amines is 1. The zero-order chi connectivity index (χ0) is 11.1. The van der Waals surface area contributed by atoms with Crippen LogP contribution in [0.25, 0.3) is 11.3 Å². The molecule has 2 aromatic heterocycles. The summed E-state index contributed by atoms with van der Waals surface area (Å²) < 4.78 is 0.694. The van der Waals surface area contributed by atoms with Crippen LogP contribution in [0.3, 0.4) is 0 Å². The highest BCUT2D eigenvalue weighted by Crippen LogP contribution is 2.38. The lowest BCUT2D eigenvalue weighted by molar-refractivity contribution is 0.924. The standard InChI is InChI=1S/C12H12N2S2/c1-7-4-9(6-16-7)10-5-11(15)14-12(13-10)8-2-3-8/h4-6,8H,2-3H2,1H3,(H,13,14,15). The molecule has 2 nitrogen and oxygen atoms in total. The van der Waals surface area contributed by atoms with E-state index in [0.29, 0.717) is 10.6 Å². The Kier molecular flexibility index (Phi) is 2.41. The van der Waals surface area contributed by atoms with Gasteiger partial charge in [-0.3, -0.25) is 0 Å². The highest BCUT2D eigenvalue weighted by atomic mass is 32.1. The highest BCUT2D eigenvalue weighted by molar-refractivity contribution is 7.71. The maximum absolute atomic E-state index is 5.21. The summed E-state index contributed by atoms with van der Waals surface area (Å²) in [5.41, 5.74) is 2.32. The van der Waals surface area contributed by atoms with Gasteiger partial charge in [0.2, 0.25) is 0 Å². The maximum Gasteiger partial charge on any atom is 0.130 e. The SMILES string of the molecule is Cc1cc(-c2cc(=S)nc(C3CC3)[nH]2)cs1. The van der Waals surface area contributed by atoms with Gasteiger partial charge in [-0.05, 0) is 31.9 Å². The first kappa shape index (κ1) is 10.2. The molecule has 4 heteroatoms. The molecule has 0 aliphatic heterocycles. The average Bonchev–Trinajstić information content (AvgIpc) is 3.01. The third kappa shape index (κ3) is 1.95. The molecule has 82 valence electrons. The first-order chi connectivity index (χ1) is 7.72. The summed E-state index contributed by atoms with van der Waals surface area (Å²) in [6.45, 7) is 2.12. The lowest BCUT2D eigenvalue weighted by Crippen LogP contribution is -1.94. The number of nitrogens with one attached hydrogen (secondary N) is 1. The second-order valence-corrected chi connectivity index (χ2v) is 5.77. The Morgan fingerprint density at radius 3 is 2.88 bits per heavy atom. The number of rotatable bonds is 2. The highest BCUT2D eigenvalue weighted by Gasteiger charge is 2.26. The smallest absolute Gasteiger partial charge is 0.130 e. The van der Waals surface area contributed by atoms with Gasteiger partial charge in [0.25, 0.3) is 0 Å². The fourth-order valence-corrected chi connectivity index (χ4v) is 2.69. The number of nitrogens with zero attached hydrogens (tertiary/aromatic N) is 1. The first-order valence-corrected chi connectivity index (χ1v) is 6.68. The van der Waals surface area contributed by atoms with Gasteiger partial charge in [0.15, 0.2) is 0 Å². The molecule has 0 saturated heterocycles. The lowest BCUT2D eigenvalue weighted by atomic mass is 10.2. The largest absolute Gasteiger partial charge is 0.343 e. The van der Waals surface area contributed by atoms with E-state index in [1.54, 1.807) is 11.3 Å². The van der Waals surface area contributed by atoms with Gasteiger partial charge in [-0.15, -0.1) is 11.3 Å². The van der Waals surface area contributed by atoms with E-state index >= 15 is 0 Å². The van der Waals surface area contributed by atoms with Gasteiger partial charge in [-0.1, -0.05) is 12.2 Å². The topological polar surface area (TPSA) is 28.7 Å². The fourth-order valence-electron chi connectivity index (χ4n) is 1.77. The molecule has 1 saturated carbocycles. The summed E-state index contributed by atoms with van der Waals surface area (Å²) in [6, 6.07) is 4.13. The molecule has 1 aliphatic carbocycles. The Labute approximate surface area is 103 Å². The summed E-state index contributed by atoms with van der Waals surface area (Å²) in [6.07, 6.45) is 2.48. The van der Waals surface area contributed by atoms with Crippen LogP contribution in [0.5, 0.6) is 0 Å². The van der Waals surface area contributed by atoms with Crippen molar-refractivity contribution in [1.82, 2.24) is 9.97 Å². The second-order valence-electron chi connectivity index (χ2n) is 4.24. The zero-order valence-corrected chi connectivity index (χ0v) is 10.6.